The Balaban J connectivity index is 0.00000242. The Morgan fingerprint density at radius 2 is 2.09 bits per heavy atom. The monoisotopic (exact) mass is 439 g/mol. The molecule has 1 aromatic carbocycles. The zero-order valence-electron chi connectivity index (χ0n) is 13.1. The van der Waals surface area contributed by atoms with E-state index in [2.05, 4.69) is 29.5 Å². The largest absolute Gasteiger partial charge is 0.486 e. The van der Waals surface area contributed by atoms with E-state index in [9.17, 15) is 0 Å². The summed E-state index contributed by atoms with van der Waals surface area (Å²) in [6, 6.07) is 4.21. The highest BCUT2D eigenvalue weighted by Crippen LogP contribution is 2.38. The highest BCUT2D eigenvalue weighted by Gasteiger charge is 2.16. The summed E-state index contributed by atoms with van der Waals surface area (Å²) in [4.78, 5) is 4.21. The van der Waals surface area contributed by atoms with Crippen LogP contribution >= 0.6 is 35.6 Å². The average Bonchev–Trinajstić information content (AvgIpc) is 2.51. The minimum Gasteiger partial charge on any atom is -0.486 e. The summed E-state index contributed by atoms with van der Waals surface area (Å²) in [6.45, 7) is 5.96. The first-order valence-electron chi connectivity index (χ1n) is 7.19. The Kier molecular flexibility index (Phi) is 8.09. The molecule has 1 aliphatic heterocycles. The zero-order valence-corrected chi connectivity index (χ0v) is 16.2. The summed E-state index contributed by atoms with van der Waals surface area (Å²) < 4.78 is 11.1. The third-order valence-electron chi connectivity index (χ3n) is 3.34. The van der Waals surface area contributed by atoms with Crippen molar-refractivity contribution in [3.63, 3.8) is 0 Å². The lowest BCUT2D eigenvalue weighted by atomic mass is 10.2. The molecular weight excluding hydrogens is 417 g/mol. The first-order chi connectivity index (χ1) is 10.1. The maximum absolute atomic E-state index is 6.22. The molecule has 5 nitrogen and oxygen atoms in total. The van der Waals surface area contributed by atoms with Gasteiger partial charge >= 0.3 is 0 Å². The van der Waals surface area contributed by atoms with E-state index in [0.29, 0.717) is 42.3 Å². The molecule has 7 heteroatoms. The molecule has 2 rings (SSSR count). The lowest BCUT2D eigenvalue weighted by Gasteiger charge is -2.21. The number of hydrogen-bond acceptors (Lipinski definition) is 3. The van der Waals surface area contributed by atoms with Crippen molar-refractivity contribution in [1.82, 2.24) is 10.6 Å². The van der Waals surface area contributed by atoms with E-state index >= 15 is 0 Å². The normalized spacial score (nSPS) is 14.8. The predicted octanol–water partition coefficient (Wildman–Crippen LogP) is 3.19. The van der Waals surface area contributed by atoms with Crippen LogP contribution in [0.4, 0.5) is 0 Å². The summed E-state index contributed by atoms with van der Waals surface area (Å²) in [5.74, 6) is 2.11. The van der Waals surface area contributed by atoms with E-state index in [1.165, 1.54) is 0 Å². The Labute approximate surface area is 153 Å². The van der Waals surface area contributed by atoms with Crippen LogP contribution in [0.1, 0.15) is 25.8 Å². The fourth-order valence-corrected chi connectivity index (χ4v) is 2.27. The van der Waals surface area contributed by atoms with E-state index in [1.54, 1.807) is 7.05 Å². The molecule has 1 aliphatic rings. The molecule has 1 unspecified atom stereocenters. The summed E-state index contributed by atoms with van der Waals surface area (Å²) >= 11 is 6.22. The number of halogens is 2. The second-order valence-corrected chi connectivity index (χ2v) is 5.39. The molecule has 0 aliphatic carbocycles. The van der Waals surface area contributed by atoms with Gasteiger partial charge in [-0.25, -0.2) is 0 Å². The standard InChI is InChI=1S/C15H22ClN3O2.HI/c1-4-10(2)19-15(17-3)18-9-11-7-12(16)14-13(8-11)20-5-6-21-14;/h7-8,10H,4-6,9H2,1-3H3,(H2,17,18,19);1H. The highest BCUT2D eigenvalue weighted by molar-refractivity contribution is 14.0. The number of nitrogens with zero attached hydrogens (tertiary/aromatic N) is 1. The molecule has 0 bridgehead atoms. The van der Waals surface area contributed by atoms with Gasteiger partial charge in [-0.15, -0.1) is 24.0 Å². The molecule has 0 spiro atoms. The van der Waals surface area contributed by atoms with Crippen LogP contribution in [0.15, 0.2) is 17.1 Å². The Hall–Kier alpha value is -0.890. The number of benzene rings is 1. The number of hydrogen-bond donors (Lipinski definition) is 2. The van der Waals surface area contributed by atoms with Gasteiger partial charge in [-0.1, -0.05) is 18.5 Å². The number of aliphatic imine (C=N–C) groups is 1. The highest BCUT2D eigenvalue weighted by atomic mass is 127. The molecule has 1 atom stereocenters. The fourth-order valence-electron chi connectivity index (χ4n) is 1.98. The Bertz CT molecular complexity index is 526. The Morgan fingerprint density at radius 1 is 1.36 bits per heavy atom. The van der Waals surface area contributed by atoms with Gasteiger partial charge in [-0.3, -0.25) is 4.99 Å². The Morgan fingerprint density at radius 3 is 2.77 bits per heavy atom. The second kappa shape index (κ2) is 9.29. The van der Waals surface area contributed by atoms with E-state index in [0.717, 1.165) is 17.9 Å². The maximum atomic E-state index is 6.22. The van der Waals surface area contributed by atoms with Crippen LogP contribution < -0.4 is 20.1 Å². The van der Waals surface area contributed by atoms with Crippen LogP contribution in [0, 0.1) is 0 Å². The van der Waals surface area contributed by atoms with Gasteiger partial charge in [0.15, 0.2) is 17.5 Å². The van der Waals surface area contributed by atoms with Gasteiger partial charge in [0.25, 0.3) is 0 Å². The number of rotatable bonds is 4. The van der Waals surface area contributed by atoms with Crippen molar-refractivity contribution in [3.8, 4) is 11.5 Å². The number of nitrogens with one attached hydrogen (secondary N) is 2. The lowest BCUT2D eigenvalue weighted by molar-refractivity contribution is 0.171. The molecule has 0 amide bonds. The van der Waals surface area contributed by atoms with Crippen LogP contribution in [0.25, 0.3) is 0 Å². The van der Waals surface area contributed by atoms with Gasteiger partial charge < -0.3 is 20.1 Å². The van der Waals surface area contributed by atoms with Crippen molar-refractivity contribution in [3.05, 3.63) is 22.7 Å². The molecule has 22 heavy (non-hydrogen) atoms. The minimum atomic E-state index is 0. The molecule has 0 fully saturated rings. The van der Waals surface area contributed by atoms with Gasteiger partial charge in [-0.05, 0) is 31.0 Å². The molecule has 0 aromatic heterocycles. The van der Waals surface area contributed by atoms with E-state index in [1.807, 2.05) is 12.1 Å². The van der Waals surface area contributed by atoms with Gasteiger partial charge in [0.05, 0.1) is 5.02 Å². The number of ether oxygens (including phenoxy) is 2. The van der Waals surface area contributed by atoms with Crippen LogP contribution in [0.5, 0.6) is 11.5 Å². The molecule has 1 heterocycles. The quantitative estimate of drug-likeness (QED) is 0.430. The first kappa shape index (κ1) is 19.2. The molecule has 0 saturated heterocycles. The van der Waals surface area contributed by atoms with Crippen molar-refractivity contribution in [2.75, 3.05) is 20.3 Å². The predicted molar refractivity (Wildman–Crippen MR) is 101 cm³/mol. The van der Waals surface area contributed by atoms with Gasteiger partial charge in [0.2, 0.25) is 0 Å². The average molecular weight is 440 g/mol. The van der Waals surface area contributed by atoms with Crippen LogP contribution in [0.2, 0.25) is 5.02 Å². The van der Waals surface area contributed by atoms with Crippen molar-refractivity contribution in [2.45, 2.75) is 32.9 Å². The third-order valence-corrected chi connectivity index (χ3v) is 3.62. The molecule has 2 N–H and O–H groups in total. The SMILES string of the molecule is CCC(C)NC(=NC)NCc1cc(Cl)c2c(c1)OCCO2.I. The minimum absolute atomic E-state index is 0. The number of guanidine groups is 1. The van der Waals surface area contributed by atoms with Crippen LogP contribution in [0.3, 0.4) is 0 Å². The van der Waals surface area contributed by atoms with Crippen molar-refractivity contribution < 1.29 is 9.47 Å². The topological polar surface area (TPSA) is 54.9 Å². The lowest BCUT2D eigenvalue weighted by Crippen LogP contribution is -2.41. The molecule has 124 valence electrons. The van der Waals surface area contributed by atoms with Crippen molar-refractivity contribution in [2.24, 2.45) is 4.99 Å². The smallest absolute Gasteiger partial charge is 0.191 e. The summed E-state index contributed by atoms with van der Waals surface area (Å²) in [5.41, 5.74) is 1.02. The molecular formula is C15H23ClIN3O2. The summed E-state index contributed by atoms with van der Waals surface area (Å²) in [6.07, 6.45) is 1.04. The van der Waals surface area contributed by atoms with Gasteiger partial charge in [0, 0.05) is 19.6 Å². The van der Waals surface area contributed by atoms with E-state index < -0.39 is 0 Å². The zero-order chi connectivity index (χ0) is 15.2. The molecule has 0 saturated carbocycles. The molecule has 0 radical (unpaired) electrons. The fraction of sp³-hybridized carbons (Fsp3) is 0.533. The third kappa shape index (κ3) is 5.08. The maximum Gasteiger partial charge on any atom is 0.191 e. The van der Waals surface area contributed by atoms with Gasteiger partial charge in [-0.2, -0.15) is 0 Å². The van der Waals surface area contributed by atoms with E-state index in [-0.39, 0.29) is 24.0 Å². The van der Waals surface area contributed by atoms with Crippen LogP contribution in [-0.4, -0.2) is 32.3 Å². The molecule has 1 aromatic rings. The van der Waals surface area contributed by atoms with Crippen LogP contribution in [-0.2, 0) is 6.54 Å². The van der Waals surface area contributed by atoms with E-state index in [4.69, 9.17) is 21.1 Å². The second-order valence-electron chi connectivity index (χ2n) is 4.98. The van der Waals surface area contributed by atoms with Crippen molar-refractivity contribution >= 4 is 41.5 Å². The van der Waals surface area contributed by atoms with Crippen molar-refractivity contribution in [1.29, 1.82) is 0 Å². The first-order valence-corrected chi connectivity index (χ1v) is 7.57. The van der Waals surface area contributed by atoms with Gasteiger partial charge in [0.1, 0.15) is 13.2 Å². The summed E-state index contributed by atoms with van der Waals surface area (Å²) in [5, 5.41) is 7.16. The number of fused-ring (bicyclic) bond motifs is 1. The summed E-state index contributed by atoms with van der Waals surface area (Å²) in [7, 11) is 1.76.